The van der Waals surface area contributed by atoms with Crippen LogP contribution >= 0.6 is 0 Å². The first-order valence-corrected chi connectivity index (χ1v) is 19.0. The molecule has 1 saturated heterocycles. The zero-order valence-corrected chi connectivity index (χ0v) is 31.2. The molecule has 2 amide bonds. The first-order valence-electron chi connectivity index (χ1n) is 19.0. The van der Waals surface area contributed by atoms with Gasteiger partial charge in [0.1, 0.15) is 24.2 Å². The predicted octanol–water partition coefficient (Wildman–Crippen LogP) is 8.52. The zero-order chi connectivity index (χ0) is 38.1. The van der Waals surface area contributed by atoms with Gasteiger partial charge in [0.25, 0.3) is 5.91 Å². The van der Waals surface area contributed by atoms with Gasteiger partial charge in [-0.2, -0.15) is 5.10 Å². The van der Waals surface area contributed by atoms with E-state index in [-0.39, 0.29) is 36.1 Å². The van der Waals surface area contributed by atoms with Gasteiger partial charge in [-0.05, 0) is 103 Å². The number of piperidine rings is 1. The van der Waals surface area contributed by atoms with Crippen molar-refractivity contribution in [3.63, 3.8) is 0 Å². The van der Waals surface area contributed by atoms with E-state index in [2.05, 4.69) is 29.5 Å². The lowest BCUT2D eigenvalue weighted by atomic mass is 9.88. The number of rotatable bonds is 12. The summed E-state index contributed by atoms with van der Waals surface area (Å²) in [5.74, 6) is 1.73. The summed E-state index contributed by atoms with van der Waals surface area (Å²) >= 11 is 0. The van der Waals surface area contributed by atoms with Crippen molar-refractivity contribution in [2.45, 2.75) is 52.2 Å². The molecule has 5 aromatic rings. The molecule has 0 spiro atoms. The number of benzene rings is 4. The monoisotopic (exact) mass is 738 g/mol. The second-order valence-corrected chi connectivity index (χ2v) is 14.1. The van der Waals surface area contributed by atoms with Gasteiger partial charge in [0, 0.05) is 43.4 Å². The van der Waals surface area contributed by atoms with Crippen LogP contribution in [0, 0.1) is 11.8 Å². The molecule has 55 heavy (non-hydrogen) atoms. The molecule has 1 aliphatic heterocycles. The summed E-state index contributed by atoms with van der Waals surface area (Å²) in [7, 11) is 0. The lowest BCUT2D eigenvalue weighted by Gasteiger charge is -2.34. The van der Waals surface area contributed by atoms with Crippen molar-refractivity contribution in [1.29, 1.82) is 0 Å². The molecule has 10 heteroatoms. The van der Waals surface area contributed by atoms with Crippen molar-refractivity contribution >= 4 is 23.5 Å². The largest absolute Gasteiger partial charge is 0.490 e. The van der Waals surface area contributed by atoms with Gasteiger partial charge in [-0.15, -0.1) is 0 Å². The number of likely N-dealkylation sites (tertiary alicyclic amines) is 1. The van der Waals surface area contributed by atoms with Gasteiger partial charge in [0.05, 0.1) is 18.2 Å². The highest BCUT2D eigenvalue weighted by Crippen LogP contribution is 2.27. The standard InChI is InChI=1S/C45H46N4O6/c1-3-53-45(52)42-25-28-49(47-42)38-6-4-5-37(29-38)46-43(50)35-15-13-33(14-16-35)34-17-21-39(22-18-34)54-30-32-9-19-40(20-10-32)55-41-23-26-48(27-24-41)44(51)36-11-7-31(2)8-12-36/h4-7,9-11,13-22,25,28-29,31,36,41H,3,8,12,23-24,26-27,30H2,1-2H3,(H,46,50). The topological polar surface area (TPSA) is 112 Å². The van der Waals surface area contributed by atoms with Crippen LogP contribution in [0.1, 0.15) is 65.9 Å². The number of esters is 1. The van der Waals surface area contributed by atoms with E-state index in [1.165, 1.54) is 0 Å². The second-order valence-electron chi connectivity index (χ2n) is 14.1. The second kappa shape index (κ2) is 17.3. The Morgan fingerprint density at radius 2 is 1.51 bits per heavy atom. The molecule has 2 unspecified atom stereocenters. The molecule has 7 rings (SSSR count). The summed E-state index contributed by atoms with van der Waals surface area (Å²) in [6, 6.07) is 32.2. The lowest BCUT2D eigenvalue weighted by Crippen LogP contribution is -2.44. The van der Waals surface area contributed by atoms with Gasteiger partial charge in [-0.25, -0.2) is 9.48 Å². The van der Waals surface area contributed by atoms with Crippen molar-refractivity contribution < 1.29 is 28.6 Å². The van der Waals surface area contributed by atoms with E-state index in [0.29, 0.717) is 29.5 Å². The molecule has 2 atom stereocenters. The van der Waals surface area contributed by atoms with E-state index < -0.39 is 5.97 Å². The van der Waals surface area contributed by atoms with Crippen LogP contribution < -0.4 is 14.8 Å². The maximum Gasteiger partial charge on any atom is 0.358 e. The van der Waals surface area contributed by atoms with E-state index >= 15 is 0 Å². The fourth-order valence-electron chi connectivity index (χ4n) is 6.89. The zero-order valence-electron chi connectivity index (χ0n) is 31.2. The van der Waals surface area contributed by atoms with Crippen molar-refractivity contribution in [3.8, 4) is 28.3 Å². The van der Waals surface area contributed by atoms with E-state index in [9.17, 15) is 14.4 Å². The number of allylic oxidation sites excluding steroid dienone is 1. The van der Waals surface area contributed by atoms with Gasteiger partial charge in [-0.3, -0.25) is 9.59 Å². The highest BCUT2D eigenvalue weighted by molar-refractivity contribution is 6.04. The van der Waals surface area contributed by atoms with Crippen molar-refractivity contribution in [2.24, 2.45) is 11.8 Å². The minimum absolute atomic E-state index is 0.0327. The number of carbonyl (C=O) groups excluding carboxylic acids is 3. The molecule has 2 aliphatic rings. The average Bonchev–Trinajstić information content (AvgIpc) is 3.73. The molecular weight excluding hydrogens is 693 g/mol. The van der Waals surface area contributed by atoms with E-state index in [1.54, 1.807) is 48.1 Å². The van der Waals surface area contributed by atoms with Crippen LogP contribution in [0.25, 0.3) is 16.8 Å². The summed E-state index contributed by atoms with van der Waals surface area (Å²) in [6.45, 7) is 6.13. The van der Waals surface area contributed by atoms with Crippen molar-refractivity contribution in [1.82, 2.24) is 14.7 Å². The molecule has 10 nitrogen and oxygen atoms in total. The first kappa shape index (κ1) is 37.2. The average molecular weight is 739 g/mol. The summed E-state index contributed by atoms with van der Waals surface area (Å²) < 4.78 is 18.9. The molecule has 0 bridgehead atoms. The summed E-state index contributed by atoms with van der Waals surface area (Å²) in [4.78, 5) is 40.0. The van der Waals surface area contributed by atoms with Crippen LogP contribution in [0.4, 0.5) is 5.69 Å². The van der Waals surface area contributed by atoms with Crippen molar-refractivity contribution in [2.75, 3.05) is 25.0 Å². The fraction of sp³-hybridized carbons (Fsp3) is 0.289. The Hall–Kier alpha value is -6.16. The maximum absolute atomic E-state index is 13.1. The smallest absolute Gasteiger partial charge is 0.358 e. The van der Waals surface area contributed by atoms with Gasteiger partial charge >= 0.3 is 5.97 Å². The Morgan fingerprint density at radius 1 is 0.800 bits per heavy atom. The van der Waals surface area contributed by atoms with E-state index in [0.717, 1.165) is 67.0 Å². The van der Waals surface area contributed by atoms with E-state index in [4.69, 9.17) is 14.2 Å². The number of hydrogen-bond acceptors (Lipinski definition) is 7. The van der Waals surface area contributed by atoms with E-state index in [1.807, 2.05) is 77.7 Å². The lowest BCUT2D eigenvalue weighted by molar-refractivity contribution is -0.136. The Labute approximate surface area is 321 Å². The molecular formula is C45H46N4O6. The molecule has 1 fully saturated rings. The summed E-state index contributed by atoms with van der Waals surface area (Å²) in [6.07, 6.45) is 9.77. The highest BCUT2D eigenvalue weighted by Gasteiger charge is 2.29. The molecule has 0 radical (unpaired) electrons. The number of carbonyl (C=O) groups is 3. The predicted molar refractivity (Wildman–Crippen MR) is 211 cm³/mol. The minimum Gasteiger partial charge on any atom is -0.490 e. The molecule has 1 aromatic heterocycles. The summed E-state index contributed by atoms with van der Waals surface area (Å²) in [5, 5.41) is 7.23. The quantitative estimate of drug-likeness (QED) is 0.101. The van der Waals surface area contributed by atoms with Crippen LogP contribution in [0.15, 0.2) is 121 Å². The Bertz CT molecular complexity index is 2120. The Kier molecular flexibility index (Phi) is 11.7. The first-order chi connectivity index (χ1) is 26.8. The number of anilines is 1. The van der Waals surface area contributed by atoms with Crippen LogP contribution in [0.5, 0.6) is 11.5 Å². The van der Waals surface area contributed by atoms with Gasteiger partial charge in [0.2, 0.25) is 5.91 Å². The third-order valence-corrected chi connectivity index (χ3v) is 10.1. The highest BCUT2D eigenvalue weighted by atomic mass is 16.5. The third kappa shape index (κ3) is 9.51. The molecule has 4 aromatic carbocycles. The van der Waals surface area contributed by atoms with Crippen LogP contribution in [0.2, 0.25) is 0 Å². The summed E-state index contributed by atoms with van der Waals surface area (Å²) in [5.41, 5.74) is 5.05. The molecule has 1 aliphatic carbocycles. The van der Waals surface area contributed by atoms with Crippen LogP contribution in [-0.2, 0) is 16.1 Å². The normalized spacial score (nSPS) is 17.0. The maximum atomic E-state index is 13.1. The number of nitrogens with one attached hydrogen (secondary N) is 1. The van der Waals surface area contributed by atoms with Gasteiger partial charge < -0.3 is 24.4 Å². The number of aromatic nitrogens is 2. The number of amides is 2. The molecule has 1 N–H and O–H groups in total. The Morgan fingerprint density at radius 3 is 2.20 bits per heavy atom. The molecule has 2 heterocycles. The number of nitrogens with zero attached hydrogens (tertiary/aromatic N) is 3. The van der Waals surface area contributed by atoms with Crippen molar-refractivity contribution in [3.05, 3.63) is 138 Å². The number of ether oxygens (including phenoxy) is 3. The number of hydrogen-bond donors (Lipinski definition) is 1. The van der Waals surface area contributed by atoms with Crippen LogP contribution in [0.3, 0.4) is 0 Å². The van der Waals surface area contributed by atoms with Gasteiger partial charge in [-0.1, -0.05) is 61.5 Å². The Balaban J connectivity index is 0.857. The third-order valence-electron chi connectivity index (χ3n) is 10.1. The minimum atomic E-state index is -0.483. The van der Waals surface area contributed by atoms with Gasteiger partial charge in [0.15, 0.2) is 5.69 Å². The SMILES string of the molecule is CCOC(=O)c1ccn(-c2cccc(NC(=O)c3ccc(-c4ccc(OCc5ccc(OC6CCN(C(=O)C7C=CC(C)CC7)CC6)cc5)cc4)cc3)c2)n1. The fourth-order valence-corrected chi connectivity index (χ4v) is 6.89. The van der Waals surface area contributed by atoms with Crippen LogP contribution in [-0.4, -0.2) is 58.3 Å². The molecule has 0 saturated carbocycles. The molecule has 282 valence electrons.